The lowest BCUT2D eigenvalue weighted by molar-refractivity contribution is 0.0718. The van der Waals surface area contributed by atoms with Gasteiger partial charge in [0.05, 0.1) is 11.3 Å². The van der Waals surface area contributed by atoms with Gasteiger partial charge in [0.25, 0.3) is 5.91 Å². The van der Waals surface area contributed by atoms with E-state index in [0.29, 0.717) is 17.8 Å². The molecule has 0 aromatic heterocycles. The first kappa shape index (κ1) is 15.8. The van der Waals surface area contributed by atoms with Crippen molar-refractivity contribution in [3.05, 3.63) is 29.6 Å². The summed E-state index contributed by atoms with van der Waals surface area (Å²) in [6.45, 7) is 2.49. The summed E-state index contributed by atoms with van der Waals surface area (Å²) in [7, 11) is 1.85. The molecule has 0 heterocycles. The van der Waals surface area contributed by atoms with Crippen molar-refractivity contribution in [3.8, 4) is 0 Å². The van der Waals surface area contributed by atoms with E-state index in [4.69, 9.17) is 0 Å². The van der Waals surface area contributed by atoms with Crippen LogP contribution < -0.4 is 5.32 Å². The Morgan fingerprint density at radius 3 is 2.57 bits per heavy atom. The van der Waals surface area contributed by atoms with E-state index >= 15 is 0 Å². The summed E-state index contributed by atoms with van der Waals surface area (Å²) < 4.78 is 13.9. The van der Waals surface area contributed by atoms with Gasteiger partial charge in [0.15, 0.2) is 0 Å². The van der Waals surface area contributed by atoms with Crippen molar-refractivity contribution >= 4 is 11.6 Å². The molecule has 0 bridgehead atoms. The van der Waals surface area contributed by atoms with Gasteiger partial charge in [-0.2, -0.15) is 0 Å². The van der Waals surface area contributed by atoms with Crippen LogP contribution in [0.4, 0.5) is 10.1 Å². The van der Waals surface area contributed by atoms with Crippen LogP contribution in [-0.2, 0) is 0 Å². The van der Waals surface area contributed by atoms with Crippen LogP contribution in [0.5, 0.6) is 0 Å². The first-order valence-corrected chi connectivity index (χ1v) is 7.94. The lowest BCUT2D eigenvalue weighted by atomic mass is 10.1. The van der Waals surface area contributed by atoms with Crippen LogP contribution in [-0.4, -0.2) is 30.4 Å². The van der Waals surface area contributed by atoms with Crippen molar-refractivity contribution < 1.29 is 9.18 Å². The van der Waals surface area contributed by atoms with Crippen molar-refractivity contribution in [1.29, 1.82) is 0 Å². The average molecular weight is 292 g/mol. The number of rotatable bonds is 4. The minimum atomic E-state index is -0.364. The molecule has 1 aromatic rings. The minimum Gasteiger partial charge on any atom is -0.382 e. The van der Waals surface area contributed by atoms with Gasteiger partial charge in [0, 0.05) is 19.6 Å². The number of hydrogen-bond acceptors (Lipinski definition) is 2. The van der Waals surface area contributed by atoms with Crippen molar-refractivity contribution in [2.24, 2.45) is 0 Å². The van der Waals surface area contributed by atoms with Gasteiger partial charge in [-0.1, -0.05) is 31.7 Å². The van der Waals surface area contributed by atoms with Crippen LogP contribution in [0.15, 0.2) is 18.2 Å². The highest BCUT2D eigenvalue weighted by Gasteiger charge is 2.24. The molecule has 21 heavy (non-hydrogen) atoms. The van der Waals surface area contributed by atoms with Gasteiger partial charge in [0.2, 0.25) is 0 Å². The Morgan fingerprint density at radius 2 is 1.95 bits per heavy atom. The van der Waals surface area contributed by atoms with Crippen LogP contribution in [0.2, 0.25) is 0 Å². The number of anilines is 1. The van der Waals surface area contributed by atoms with Crippen molar-refractivity contribution in [1.82, 2.24) is 4.90 Å². The third kappa shape index (κ3) is 3.74. The molecular weight excluding hydrogens is 267 g/mol. The fourth-order valence-corrected chi connectivity index (χ4v) is 3.06. The van der Waals surface area contributed by atoms with Gasteiger partial charge >= 0.3 is 0 Å². The van der Waals surface area contributed by atoms with Crippen LogP contribution in [0.3, 0.4) is 0 Å². The highest BCUT2D eigenvalue weighted by atomic mass is 19.1. The Morgan fingerprint density at radius 1 is 1.29 bits per heavy atom. The van der Waals surface area contributed by atoms with E-state index in [-0.39, 0.29) is 17.8 Å². The molecule has 0 saturated heterocycles. The van der Waals surface area contributed by atoms with Gasteiger partial charge in [-0.25, -0.2) is 4.39 Å². The van der Waals surface area contributed by atoms with Gasteiger partial charge in [0.1, 0.15) is 5.82 Å². The standard InChI is InChI=1S/C17H25FN2O/c1-3-19-16-14(11-8-12-15(16)18)17(21)20(2)13-9-6-4-5-7-10-13/h8,11-13,19H,3-7,9-10H2,1-2H3. The van der Waals surface area contributed by atoms with E-state index < -0.39 is 0 Å². The molecule has 1 aliphatic carbocycles. The summed E-state index contributed by atoms with van der Waals surface area (Å²) in [6, 6.07) is 4.97. The number of hydrogen-bond donors (Lipinski definition) is 1. The summed E-state index contributed by atoms with van der Waals surface area (Å²) in [5.41, 5.74) is 0.758. The number of para-hydroxylation sites is 1. The van der Waals surface area contributed by atoms with Crippen LogP contribution in [0.25, 0.3) is 0 Å². The van der Waals surface area contributed by atoms with Crippen molar-refractivity contribution in [3.63, 3.8) is 0 Å². The summed E-state index contributed by atoms with van der Waals surface area (Å²) in [6.07, 6.45) is 6.95. The molecule has 2 rings (SSSR count). The molecule has 1 amide bonds. The zero-order chi connectivity index (χ0) is 15.2. The number of benzene rings is 1. The zero-order valence-corrected chi connectivity index (χ0v) is 13.0. The molecule has 4 heteroatoms. The van der Waals surface area contributed by atoms with Gasteiger partial charge in [-0.15, -0.1) is 0 Å². The van der Waals surface area contributed by atoms with E-state index in [1.54, 1.807) is 17.0 Å². The summed E-state index contributed by atoms with van der Waals surface area (Å²) >= 11 is 0. The maximum Gasteiger partial charge on any atom is 0.256 e. The number of halogens is 1. The lowest BCUT2D eigenvalue weighted by Gasteiger charge is -2.28. The van der Waals surface area contributed by atoms with E-state index in [1.165, 1.54) is 31.7 Å². The monoisotopic (exact) mass is 292 g/mol. The molecule has 0 spiro atoms. The Kier molecular flexibility index (Phi) is 5.59. The Labute approximate surface area is 126 Å². The Balaban J connectivity index is 2.20. The fraction of sp³-hybridized carbons (Fsp3) is 0.588. The Hall–Kier alpha value is -1.58. The van der Waals surface area contributed by atoms with Crippen molar-refractivity contribution in [2.75, 3.05) is 18.9 Å². The number of carbonyl (C=O) groups is 1. The van der Waals surface area contributed by atoms with E-state index in [0.717, 1.165) is 12.8 Å². The number of nitrogens with zero attached hydrogens (tertiary/aromatic N) is 1. The summed E-state index contributed by atoms with van der Waals surface area (Å²) in [5.74, 6) is -0.450. The minimum absolute atomic E-state index is 0.0858. The second-order valence-electron chi connectivity index (χ2n) is 5.75. The second kappa shape index (κ2) is 7.43. The Bertz CT molecular complexity index is 482. The third-order valence-corrected chi connectivity index (χ3v) is 4.29. The maximum absolute atomic E-state index is 13.9. The quantitative estimate of drug-likeness (QED) is 0.849. The molecule has 0 atom stereocenters. The molecule has 0 aliphatic heterocycles. The zero-order valence-electron chi connectivity index (χ0n) is 13.0. The van der Waals surface area contributed by atoms with E-state index in [9.17, 15) is 9.18 Å². The smallest absolute Gasteiger partial charge is 0.256 e. The molecule has 1 N–H and O–H groups in total. The van der Waals surface area contributed by atoms with Crippen LogP contribution >= 0.6 is 0 Å². The maximum atomic E-state index is 13.9. The second-order valence-corrected chi connectivity index (χ2v) is 5.75. The molecule has 1 aromatic carbocycles. The third-order valence-electron chi connectivity index (χ3n) is 4.29. The molecule has 1 fully saturated rings. The van der Waals surface area contributed by atoms with Crippen LogP contribution in [0, 0.1) is 5.82 Å². The number of amides is 1. The lowest BCUT2D eigenvalue weighted by Crippen LogP contribution is -2.37. The largest absolute Gasteiger partial charge is 0.382 e. The van der Waals surface area contributed by atoms with Gasteiger partial charge in [-0.05, 0) is 31.9 Å². The van der Waals surface area contributed by atoms with Gasteiger partial charge < -0.3 is 10.2 Å². The topological polar surface area (TPSA) is 32.3 Å². The normalized spacial score (nSPS) is 16.3. The molecule has 3 nitrogen and oxygen atoms in total. The van der Waals surface area contributed by atoms with Crippen molar-refractivity contribution in [2.45, 2.75) is 51.5 Å². The molecular formula is C17H25FN2O. The van der Waals surface area contributed by atoms with Crippen LogP contribution in [0.1, 0.15) is 55.8 Å². The van der Waals surface area contributed by atoms with Gasteiger partial charge in [-0.3, -0.25) is 4.79 Å². The highest BCUT2D eigenvalue weighted by molar-refractivity contribution is 5.99. The first-order valence-electron chi connectivity index (χ1n) is 7.94. The molecule has 0 radical (unpaired) electrons. The first-order chi connectivity index (χ1) is 10.1. The number of nitrogens with one attached hydrogen (secondary N) is 1. The molecule has 116 valence electrons. The number of carbonyl (C=O) groups excluding carboxylic acids is 1. The highest BCUT2D eigenvalue weighted by Crippen LogP contribution is 2.25. The van der Waals surface area contributed by atoms with E-state index in [2.05, 4.69) is 5.32 Å². The summed E-state index contributed by atoms with van der Waals surface area (Å²) in [5, 5.41) is 2.97. The fourth-order valence-electron chi connectivity index (χ4n) is 3.06. The summed E-state index contributed by atoms with van der Waals surface area (Å²) in [4.78, 5) is 14.5. The predicted octanol–water partition coefficient (Wildman–Crippen LogP) is 4.05. The predicted molar refractivity (Wildman–Crippen MR) is 84.1 cm³/mol. The SMILES string of the molecule is CCNc1c(F)cccc1C(=O)N(C)C1CCCCCC1. The van der Waals surface area contributed by atoms with E-state index in [1.807, 2.05) is 14.0 Å². The molecule has 1 saturated carbocycles. The molecule has 1 aliphatic rings. The average Bonchev–Trinajstić information content (AvgIpc) is 2.77. The molecule has 0 unspecified atom stereocenters.